The van der Waals surface area contributed by atoms with Crippen LogP contribution in [0.3, 0.4) is 0 Å². The normalized spacial score (nSPS) is 12.2. The minimum Gasteiger partial charge on any atom is -0.198 e. The SMILES string of the molecule is CCCCCCCCCCCCCCCCc1ccc[n+](C(CC)c2ccccc2)c1. The Hall–Kier alpha value is -1.63. The summed E-state index contributed by atoms with van der Waals surface area (Å²) in [6.07, 6.45) is 26.9. The number of rotatable bonds is 18. The maximum Gasteiger partial charge on any atom is 0.183 e. The molecule has 2 rings (SSSR count). The van der Waals surface area contributed by atoms with Gasteiger partial charge in [0.15, 0.2) is 18.4 Å². The molecule has 1 heterocycles. The van der Waals surface area contributed by atoms with E-state index >= 15 is 0 Å². The van der Waals surface area contributed by atoms with Crippen LogP contribution in [0.15, 0.2) is 54.9 Å². The molecular weight excluding hydrogens is 374 g/mol. The van der Waals surface area contributed by atoms with Crippen LogP contribution >= 0.6 is 0 Å². The van der Waals surface area contributed by atoms with Crippen molar-refractivity contribution >= 4 is 0 Å². The molecule has 0 spiro atoms. The molecule has 0 aliphatic carbocycles. The predicted octanol–water partition coefficient (Wildman–Crippen LogP) is 9.00. The molecule has 2 aromatic rings. The number of aromatic nitrogens is 1. The molecule has 0 bridgehead atoms. The van der Waals surface area contributed by atoms with Gasteiger partial charge in [-0.1, -0.05) is 128 Å². The second-order valence-electron chi connectivity index (χ2n) is 9.34. The zero-order chi connectivity index (χ0) is 22.0. The third-order valence-electron chi connectivity index (χ3n) is 6.63. The van der Waals surface area contributed by atoms with E-state index in [0.29, 0.717) is 6.04 Å². The van der Waals surface area contributed by atoms with Crippen LogP contribution in [0.2, 0.25) is 0 Å². The Labute approximate surface area is 193 Å². The Morgan fingerprint density at radius 1 is 0.613 bits per heavy atom. The quantitative estimate of drug-likeness (QED) is 0.167. The summed E-state index contributed by atoms with van der Waals surface area (Å²) in [6, 6.07) is 15.9. The largest absolute Gasteiger partial charge is 0.198 e. The van der Waals surface area contributed by atoms with Crippen LogP contribution < -0.4 is 4.57 Å². The highest BCUT2D eigenvalue weighted by atomic mass is 15.0. The summed E-state index contributed by atoms with van der Waals surface area (Å²) in [6.45, 7) is 4.58. The number of aryl methyl sites for hydroxylation is 1. The molecule has 0 saturated heterocycles. The van der Waals surface area contributed by atoms with Crippen LogP contribution in [0.5, 0.6) is 0 Å². The second kappa shape index (κ2) is 17.0. The van der Waals surface area contributed by atoms with Gasteiger partial charge in [0, 0.05) is 23.6 Å². The molecule has 31 heavy (non-hydrogen) atoms. The summed E-state index contributed by atoms with van der Waals surface area (Å²) in [5.74, 6) is 0. The van der Waals surface area contributed by atoms with Crippen LogP contribution in [0.1, 0.15) is 127 Å². The molecule has 172 valence electrons. The fraction of sp³-hybridized carbons (Fsp3) is 0.633. The van der Waals surface area contributed by atoms with Crippen molar-refractivity contribution in [3.05, 3.63) is 66.0 Å². The van der Waals surface area contributed by atoms with Crippen molar-refractivity contribution < 1.29 is 4.57 Å². The van der Waals surface area contributed by atoms with Gasteiger partial charge in [0.1, 0.15) is 0 Å². The molecule has 0 saturated carbocycles. The highest BCUT2D eigenvalue weighted by Gasteiger charge is 2.18. The van der Waals surface area contributed by atoms with E-state index in [2.05, 4.69) is 73.3 Å². The summed E-state index contributed by atoms with van der Waals surface area (Å²) < 4.78 is 2.41. The van der Waals surface area contributed by atoms with E-state index in [1.807, 2.05) is 0 Å². The molecule has 0 amide bonds. The predicted molar refractivity (Wildman–Crippen MR) is 136 cm³/mol. The second-order valence-corrected chi connectivity index (χ2v) is 9.34. The first-order valence-electron chi connectivity index (χ1n) is 13.4. The van der Waals surface area contributed by atoms with E-state index in [-0.39, 0.29) is 0 Å². The number of hydrogen-bond donors (Lipinski definition) is 0. The number of hydrogen-bond acceptors (Lipinski definition) is 0. The zero-order valence-corrected chi connectivity index (χ0v) is 20.5. The van der Waals surface area contributed by atoms with E-state index < -0.39 is 0 Å². The maximum atomic E-state index is 2.41. The fourth-order valence-electron chi connectivity index (χ4n) is 4.70. The molecule has 0 aliphatic heterocycles. The van der Waals surface area contributed by atoms with Crippen LogP contribution in [-0.4, -0.2) is 0 Å². The Kier molecular flexibility index (Phi) is 14.0. The number of nitrogens with zero attached hydrogens (tertiary/aromatic N) is 1. The molecule has 1 aromatic heterocycles. The van der Waals surface area contributed by atoms with Gasteiger partial charge in [0.25, 0.3) is 0 Å². The third-order valence-corrected chi connectivity index (χ3v) is 6.63. The van der Waals surface area contributed by atoms with Crippen LogP contribution in [0.4, 0.5) is 0 Å². The van der Waals surface area contributed by atoms with Gasteiger partial charge in [0.2, 0.25) is 0 Å². The van der Waals surface area contributed by atoms with E-state index in [9.17, 15) is 0 Å². The van der Waals surface area contributed by atoms with Crippen molar-refractivity contribution in [1.82, 2.24) is 0 Å². The highest BCUT2D eigenvalue weighted by Crippen LogP contribution is 2.17. The van der Waals surface area contributed by atoms with Crippen molar-refractivity contribution in [3.63, 3.8) is 0 Å². The lowest BCUT2D eigenvalue weighted by molar-refractivity contribution is -0.714. The summed E-state index contributed by atoms with van der Waals surface area (Å²) in [7, 11) is 0. The van der Waals surface area contributed by atoms with Gasteiger partial charge >= 0.3 is 0 Å². The van der Waals surface area contributed by atoms with Gasteiger partial charge in [-0.25, -0.2) is 0 Å². The van der Waals surface area contributed by atoms with Crippen LogP contribution in [0.25, 0.3) is 0 Å². The van der Waals surface area contributed by atoms with Gasteiger partial charge in [-0.15, -0.1) is 0 Å². The maximum absolute atomic E-state index is 2.41. The lowest BCUT2D eigenvalue weighted by Crippen LogP contribution is -2.39. The number of benzene rings is 1. The Morgan fingerprint density at radius 2 is 1.16 bits per heavy atom. The first kappa shape index (κ1) is 25.6. The van der Waals surface area contributed by atoms with Crippen molar-refractivity contribution in [2.75, 3.05) is 0 Å². The first-order valence-corrected chi connectivity index (χ1v) is 13.4. The van der Waals surface area contributed by atoms with E-state index in [4.69, 9.17) is 0 Å². The minimum absolute atomic E-state index is 0.442. The molecule has 1 atom stereocenters. The molecule has 1 heteroatoms. The van der Waals surface area contributed by atoms with E-state index in [0.717, 1.165) is 6.42 Å². The van der Waals surface area contributed by atoms with Gasteiger partial charge < -0.3 is 0 Å². The Morgan fingerprint density at radius 3 is 1.71 bits per heavy atom. The fourth-order valence-corrected chi connectivity index (χ4v) is 4.70. The number of unbranched alkanes of at least 4 members (excludes halogenated alkanes) is 13. The molecule has 1 nitrogen and oxygen atoms in total. The summed E-state index contributed by atoms with van der Waals surface area (Å²) in [5, 5.41) is 0. The van der Waals surface area contributed by atoms with E-state index in [1.165, 1.54) is 107 Å². The minimum atomic E-state index is 0.442. The van der Waals surface area contributed by atoms with Crippen molar-refractivity contribution in [3.8, 4) is 0 Å². The molecular formula is C30H48N+. The molecule has 0 N–H and O–H groups in total. The van der Waals surface area contributed by atoms with Gasteiger partial charge in [-0.05, 0) is 18.9 Å². The average Bonchev–Trinajstić information content (AvgIpc) is 2.81. The van der Waals surface area contributed by atoms with Crippen LogP contribution in [0, 0.1) is 0 Å². The van der Waals surface area contributed by atoms with Gasteiger partial charge in [-0.3, -0.25) is 0 Å². The topological polar surface area (TPSA) is 3.88 Å². The molecule has 0 aliphatic rings. The number of pyridine rings is 1. The molecule has 1 unspecified atom stereocenters. The lowest BCUT2D eigenvalue weighted by atomic mass is 10.0. The molecule has 0 fully saturated rings. The Balaban J connectivity index is 1.54. The van der Waals surface area contributed by atoms with Gasteiger partial charge in [0.05, 0.1) is 0 Å². The summed E-state index contributed by atoms with van der Waals surface area (Å²) in [4.78, 5) is 0. The molecule has 0 radical (unpaired) electrons. The third kappa shape index (κ3) is 11.0. The smallest absolute Gasteiger partial charge is 0.183 e. The average molecular weight is 423 g/mol. The highest BCUT2D eigenvalue weighted by molar-refractivity contribution is 5.17. The van der Waals surface area contributed by atoms with E-state index in [1.54, 1.807) is 0 Å². The Bertz CT molecular complexity index is 663. The zero-order valence-electron chi connectivity index (χ0n) is 20.5. The van der Waals surface area contributed by atoms with Crippen LogP contribution in [-0.2, 0) is 6.42 Å². The lowest BCUT2D eigenvalue weighted by Gasteiger charge is -2.11. The van der Waals surface area contributed by atoms with Gasteiger partial charge in [-0.2, -0.15) is 4.57 Å². The van der Waals surface area contributed by atoms with Crippen molar-refractivity contribution in [2.24, 2.45) is 0 Å². The summed E-state index contributed by atoms with van der Waals surface area (Å²) >= 11 is 0. The van der Waals surface area contributed by atoms with Crippen molar-refractivity contribution in [1.29, 1.82) is 0 Å². The first-order chi connectivity index (χ1) is 15.3. The monoisotopic (exact) mass is 422 g/mol. The molecule has 1 aromatic carbocycles. The summed E-state index contributed by atoms with van der Waals surface area (Å²) in [5.41, 5.74) is 2.89. The standard InChI is InChI=1S/C30H48N/c1-3-5-6-7-8-9-10-11-12-13-14-15-16-18-22-28-23-21-26-31(27-28)30(4-2)29-24-19-17-20-25-29/h17,19-21,23-27,30H,3-16,18,22H2,1-2H3/q+1. The van der Waals surface area contributed by atoms with Crippen molar-refractivity contribution in [2.45, 2.75) is 123 Å².